The van der Waals surface area contributed by atoms with E-state index < -0.39 is 10.0 Å². The molecule has 2 heterocycles. The first-order valence-electron chi connectivity index (χ1n) is 8.12. The van der Waals surface area contributed by atoms with E-state index in [9.17, 15) is 8.42 Å². The van der Waals surface area contributed by atoms with Crippen LogP contribution in [-0.2, 0) is 23.0 Å². The SMILES string of the molecule is Cc1ccc(S(=O)(=O)N2CCc3[nH]c4ccc(C)cc4c3C2)cc1. The summed E-state index contributed by atoms with van der Waals surface area (Å²) in [5, 5.41) is 1.13. The van der Waals surface area contributed by atoms with Gasteiger partial charge < -0.3 is 4.98 Å². The maximum atomic E-state index is 12.9. The molecule has 1 aromatic heterocycles. The molecular formula is C19H20N2O2S. The number of fused-ring (bicyclic) bond motifs is 3. The smallest absolute Gasteiger partial charge is 0.243 e. The fourth-order valence-electron chi connectivity index (χ4n) is 3.37. The molecule has 0 spiro atoms. The van der Waals surface area contributed by atoms with Crippen LogP contribution in [-0.4, -0.2) is 24.3 Å². The maximum Gasteiger partial charge on any atom is 0.243 e. The number of hydrogen-bond acceptors (Lipinski definition) is 2. The van der Waals surface area contributed by atoms with Crippen molar-refractivity contribution in [2.45, 2.75) is 31.7 Å². The molecule has 3 aromatic rings. The zero-order chi connectivity index (χ0) is 16.9. The van der Waals surface area contributed by atoms with Gasteiger partial charge in [0, 0.05) is 36.1 Å². The lowest BCUT2D eigenvalue weighted by atomic mass is 10.0. The molecule has 0 bridgehead atoms. The average molecular weight is 340 g/mol. The third-order valence-corrected chi connectivity index (χ3v) is 6.61. The Morgan fingerprint density at radius 2 is 1.71 bits per heavy atom. The number of hydrogen-bond donors (Lipinski definition) is 1. The first-order valence-corrected chi connectivity index (χ1v) is 9.56. The second kappa shape index (κ2) is 5.46. The van der Waals surface area contributed by atoms with Gasteiger partial charge in [-0.2, -0.15) is 4.31 Å². The van der Waals surface area contributed by atoms with Gasteiger partial charge in [-0.15, -0.1) is 0 Å². The molecule has 4 rings (SSSR count). The lowest BCUT2D eigenvalue weighted by Crippen LogP contribution is -2.35. The van der Waals surface area contributed by atoms with Crippen molar-refractivity contribution in [1.29, 1.82) is 0 Å². The number of sulfonamides is 1. The number of nitrogens with zero attached hydrogens (tertiary/aromatic N) is 1. The van der Waals surface area contributed by atoms with E-state index in [1.165, 1.54) is 5.56 Å². The van der Waals surface area contributed by atoms with E-state index in [0.717, 1.165) is 27.7 Å². The van der Waals surface area contributed by atoms with E-state index in [1.807, 2.05) is 19.1 Å². The van der Waals surface area contributed by atoms with Gasteiger partial charge in [0.1, 0.15) is 0 Å². The molecule has 0 radical (unpaired) electrons. The van der Waals surface area contributed by atoms with Gasteiger partial charge in [-0.05, 0) is 43.7 Å². The highest BCUT2D eigenvalue weighted by molar-refractivity contribution is 7.89. The summed E-state index contributed by atoms with van der Waals surface area (Å²) in [5.41, 5.74) is 5.59. The molecule has 0 unspecified atom stereocenters. The fraction of sp³-hybridized carbons (Fsp3) is 0.263. The maximum absolute atomic E-state index is 12.9. The lowest BCUT2D eigenvalue weighted by molar-refractivity contribution is 0.391. The van der Waals surface area contributed by atoms with Gasteiger partial charge in [0.15, 0.2) is 0 Å². The standard InChI is InChI=1S/C19H20N2O2S/c1-13-3-6-15(7-4-13)24(22,23)21-10-9-19-17(12-21)16-11-14(2)5-8-18(16)20-19/h3-8,11,20H,9-10,12H2,1-2H3. The molecule has 0 saturated carbocycles. The van der Waals surface area contributed by atoms with Crippen LogP contribution in [0.1, 0.15) is 22.4 Å². The zero-order valence-electron chi connectivity index (χ0n) is 13.8. The molecule has 0 fully saturated rings. The molecule has 2 aromatic carbocycles. The Labute approximate surface area is 142 Å². The summed E-state index contributed by atoms with van der Waals surface area (Å²) >= 11 is 0. The third-order valence-electron chi connectivity index (χ3n) is 4.75. The second-order valence-electron chi connectivity index (χ2n) is 6.53. The summed E-state index contributed by atoms with van der Waals surface area (Å²) < 4.78 is 27.5. The van der Waals surface area contributed by atoms with E-state index in [-0.39, 0.29) is 0 Å². The molecule has 0 amide bonds. The number of rotatable bonds is 2. The Morgan fingerprint density at radius 1 is 1.00 bits per heavy atom. The molecule has 0 atom stereocenters. The molecule has 124 valence electrons. The van der Waals surface area contributed by atoms with E-state index in [0.29, 0.717) is 24.4 Å². The molecule has 0 saturated heterocycles. The van der Waals surface area contributed by atoms with Crippen LogP contribution in [0.25, 0.3) is 10.9 Å². The van der Waals surface area contributed by atoms with Gasteiger partial charge in [0.25, 0.3) is 0 Å². The van der Waals surface area contributed by atoms with Crippen LogP contribution in [0.5, 0.6) is 0 Å². The average Bonchev–Trinajstić information content (AvgIpc) is 2.92. The molecule has 1 N–H and O–H groups in total. The van der Waals surface area contributed by atoms with Crippen LogP contribution in [0, 0.1) is 13.8 Å². The summed E-state index contributed by atoms with van der Waals surface area (Å²) in [7, 11) is -3.46. The van der Waals surface area contributed by atoms with E-state index in [1.54, 1.807) is 16.4 Å². The van der Waals surface area contributed by atoms with Gasteiger partial charge in [0.05, 0.1) is 4.90 Å². The summed E-state index contributed by atoms with van der Waals surface area (Å²) in [6, 6.07) is 13.4. The van der Waals surface area contributed by atoms with Gasteiger partial charge in [-0.25, -0.2) is 8.42 Å². The molecule has 4 nitrogen and oxygen atoms in total. The van der Waals surface area contributed by atoms with Crippen molar-refractivity contribution < 1.29 is 8.42 Å². The van der Waals surface area contributed by atoms with Gasteiger partial charge in [-0.3, -0.25) is 0 Å². The summed E-state index contributed by atoms with van der Waals surface area (Å²) in [5.74, 6) is 0. The topological polar surface area (TPSA) is 53.2 Å². The Balaban J connectivity index is 1.74. The van der Waals surface area contributed by atoms with Crippen molar-refractivity contribution in [2.24, 2.45) is 0 Å². The van der Waals surface area contributed by atoms with Crippen LogP contribution in [0.3, 0.4) is 0 Å². The van der Waals surface area contributed by atoms with Crippen LogP contribution in [0.2, 0.25) is 0 Å². The normalized spacial score (nSPS) is 15.6. The number of nitrogens with one attached hydrogen (secondary N) is 1. The summed E-state index contributed by atoms with van der Waals surface area (Å²) in [6.45, 7) is 4.95. The monoisotopic (exact) mass is 340 g/mol. The van der Waals surface area contributed by atoms with Gasteiger partial charge in [-0.1, -0.05) is 29.3 Å². The number of H-pyrrole nitrogens is 1. The minimum absolute atomic E-state index is 0.368. The van der Waals surface area contributed by atoms with Gasteiger partial charge in [0.2, 0.25) is 10.0 Å². The fourth-order valence-corrected chi connectivity index (χ4v) is 4.78. The highest BCUT2D eigenvalue weighted by atomic mass is 32.2. The van der Waals surface area contributed by atoms with E-state index >= 15 is 0 Å². The molecular weight excluding hydrogens is 320 g/mol. The number of aromatic amines is 1. The Hall–Kier alpha value is -2.11. The Bertz CT molecular complexity index is 1020. The molecule has 5 heteroatoms. The Morgan fingerprint density at radius 3 is 2.46 bits per heavy atom. The van der Waals surface area contributed by atoms with Crippen LogP contribution < -0.4 is 0 Å². The van der Waals surface area contributed by atoms with E-state index in [2.05, 4.69) is 30.1 Å². The summed E-state index contributed by atoms with van der Waals surface area (Å²) in [4.78, 5) is 3.81. The predicted molar refractivity (Wildman–Crippen MR) is 95.5 cm³/mol. The molecule has 0 aliphatic carbocycles. The third kappa shape index (κ3) is 2.44. The number of aryl methyl sites for hydroxylation is 2. The van der Waals surface area contributed by atoms with Crippen molar-refractivity contribution in [2.75, 3.05) is 6.54 Å². The van der Waals surface area contributed by atoms with Gasteiger partial charge >= 0.3 is 0 Å². The van der Waals surface area contributed by atoms with Crippen molar-refractivity contribution in [3.05, 3.63) is 64.8 Å². The zero-order valence-corrected chi connectivity index (χ0v) is 14.7. The Kier molecular flexibility index (Phi) is 3.51. The van der Waals surface area contributed by atoms with Crippen molar-refractivity contribution in [3.8, 4) is 0 Å². The number of benzene rings is 2. The highest BCUT2D eigenvalue weighted by Gasteiger charge is 2.30. The van der Waals surface area contributed by atoms with Crippen LogP contribution in [0.4, 0.5) is 0 Å². The van der Waals surface area contributed by atoms with Crippen molar-refractivity contribution in [1.82, 2.24) is 9.29 Å². The first kappa shape index (κ1) is 15.4. The van der Waals surface area contributed by atoms with E-state index in [4.69, 9.17) is 0 Å². The highest BCUT2D eigenvalue weighted by Crippen LogP contribution is 2.31. The molecule has 1 aliphatic heterocycles. The minimum Gasteiger partial charge on any atom is -0.358 e. The molecule has 24 heavy (non-hydrogen) atoms. The lowest BCUT2D eigenvalue weighted by Gasteiger charge is -2.26. The minimum atomic E-state index is -3.46. The second-order valence-corrected chi connectivity index (χ2v) is 8.47. The van der Waals surface area contributed by atoms with Crippen LogP contribution in [0.15, 0.2) is 47.4 Å². The summed E-state index contributed by atoms with van der Waals surface area (Å²) in [6.07, 6.45) is 0.716. The van der Waals surface area contributed by atoms with Crippen molar-refractivity contribution in [3.63, 3.8) is 0 Å². The molecule has 1 aliphatic rings. The van der Waals surface area contributed by atoms with Crippen molar-refractivity contribution >= 4 is 20.9 Å². The quantitative estimate of drug-likeness (QED) is 0.776. The first-order chi connectivity index (χ1) is 11.4. The van der Waals surface area contributed by atoms with Crippen LogP contribution >= 0.6 is 0 Å². The number of aromatic nitrogens is 1. The largest absolute Gasteiger partial charge is 0.358 e. The predicted octanol–water partition coefficient (Wildman–Crippen LogP) is 3.53.